The zero-order valence-corrected chi connectivity index (χ0v) is 12.0. The zero-order chi connectivity index (χ0) is 15.5. The number of methoxy groups -OCH3 is 1. The Kier molecular flexibility index (Phi) is 4.42. The van der Waals surface area contributed by atoms with Gasteiger partial charge < -0.3 is 14.8 Å². The third-order valence-electron chi connectivity index (χ3n) is 3.57. The summed E-state index contributed by atoms with van der Waals surface area (Å²) < 4.78 is 10.3. The van der Waals surface area contributed by atoms with Crippen molar-refractivity contribution in [2.24, 2.45) is 0 Å². The van der Waals surface area contributed by atoms with Gasteiger partial charge in [0.1, 0.15) is 5.69 Å². The number of anilines is 1. The summed E-state index contributed by atoms with van der Waals surface area (Å²) >= 11 is 0. The van der Waals surface area contributed by atoms with Gasteiger partial charge in [-0.3, -0.25) is 10.1 Å². The predicted molar refractivity (Wildman–Crippen MR) is 76.5 cm³/mol. The van der Waals surface area contributed by atoms with Crippen LogP contribution in [0, 0.1) is 10.1 Å². The maximum Gasteiger partial charge on any atom is 0.337 e. The minimum absolute atomic E-state index is 0.0794. The molecule has 1 fully saturated rings. The van der Waals surface area contributed by atoms with E-state index in [1.165, 1.54) is 25.3 Å². The number of nitrogens with one attached hydrogen (secondary N) is 1. The van der Waals surface area contributed by atoms with E-state index in [0.29, 0.717) is 18.8 Å². The van der Waals surface area contributed by atoms with Crippen molar-refractivity contribution >= 4 is 17.3 Å². The summed E-state index contributed by atoms with van der Waals surface area (Å²) in [6.45, 7) is 3.10. The molecule has 0 amide bonds. The van der Waals surface area contributed by atoms with Crippen LogP contribution >= 0.6 is 0 Å². The molecule has 114 valence electrons. The Bertz CT molecular complexity index is 552. The summed E-state index contributed by atoms with van der Waals surface area (Å²) in [4.78, 5) is 22.1. The second-order valence-corrected chi connectivity index (χ2v) is 5.24. The average Bonchev–Trinajstić information content (AvgIpc) is 2.91. The third kappa shape index (κ3) is 3.49. The van der Waals surface area contributed by atoms with Crippen LogP contribution in [-0.2, 0) is 9.47 Å². The van der Waals surface area contributed by atoms with Crippen molar-refractivity contribution < 1.29 is 19.2 Å². The third-order valence-corrected chi connectivity index (χ3v) is 3.57. The molecule has 7 nitrogen and oxygen atoms in total. The number of esters is 1. The number of benzene rings is 1. The lowest BCUT2D eigenvalue weighted by Crippen LogP contribution is -2.32. The Hall–Kier alpha value is -2.15. The number of ether oxygens (including phenoxy) is 2. The van der Waals surface area contributed by atoms with Gasteiger partial charge in [0, 0.05) is 19.2 Å². The highest BCUT2D eigenvalue weighted by atomic mass is 16.6. The van der Waals surface area contributed by atoms with Crippen LogP contribution < -0.4 is 5.32 Å². The van der Waals surface area contributed by atoms with Gasteiger partial charge in [-0.1, -0.05) is 0 Å². The molecular formula is C14H18N2O5. The summed E-state index contributed by atoms with van der Waals surface area (Å²) in [6, 6.07) is 4.11. The van der Waals surface area contributed by atoms with E-state index in [-0.39, 0.29) is 16.9 Å². The van der Waals surface area contributed by atoms with Gasteiger partial charge in [-0.25, -0.2) is 4.79 Å². The highest BCUT2D eigenvalue weighted by molar-refractivity contribution is 5.91. The molecule has 1 aromatic carbocycles. The van der Waals surface area contributed by atoms with Crippen molar-refractivity contribution in [2.45, 2.75) is 25.4 Å². The molecule has 1 atom stereocenters. The van der Waals surface area contributed by atoms with Crippen molar-refractivity contribution in [3.8, 4) is 0 Å². The number of hydrogen-bond donors (Lipinski definition) is 1. The van der Waals surface area contributed by atoms with Gasteiger partial charge in [-0.05, 0) is 31.9 Å². The molecule has 1 heterocycles. The van der Waals surface area contributed by atoms with Crippen molar-refractivity contribution in [3.05, 3.63) is 33.9 Å². The second-order valence-electron chi connectivity index (χ2n) is 5.24. The molecule has 0 saturated carbocycles. The Morgan fingerprint density at radius 2 is 2.33 bits per heavy atom. The van der Waals surface area contributed by atoms with Crippen molar-refractivity contribution in [3.63, 3.8) is 0 Å². The van der Waals surface area contributed by atoms with Crippen LogP contribution in [0.5, 0.6) is 0 Å². The summed E-state index contributed by atoms with van der Waals surface area (Å²) in [5.74, 6) is -0.531. The fourth-order valence-electron chi connectivity index (χ4n) is 2.34. The van der Waals surface area contributed by atoms with E-state index in [2.05, 4.69) is 10.1 Å². The normalized spacial score (nSPS) is 21.0. The lowest BCUT2D eigenvalue weighted by molar-refractivity contribution is -0.384. The number of nitrogens with zero attached hydrogens (tertiary/aromatic N) is 1. The Morgan fingerprint density at radius 3 is 2.90 bits per heavy atom. The number of hydrogen-bond acceptors (Lipinski definition) is 6. The molecule has 2 rings (SSSR count). The zero-order valence-electron chi connectivity index (χ0n) is 12.0. The van der Waals surface area contributed by atoms with Gasteiger partial charge >= 0.3 is 5.97 Å². The van der Waals surface area contributed by atoms with E-state index < -0.39 is 10.9 Å². The molecule has 1 saturated heterocycles. The number of rotatable bonds is 5. The first-order valence-electron chi connectivity index (χ1n) is 6.70. The molecule has 7 heteroatoms. The smallest absolute Gasteiger partial charge is 0.337 e. The summed E-state index contributed by atoms with van der Waals surface area (Å²) in [5, 5.41) is 14.1. The Balaban J connectivity index is 2.22. The Labute approximate surface area is 122 Å². The highest BCUT2D eigenvalue weighted by Crippen LogP contribution is 2.29. The topological polar surface area (TPSA) is 90.7 Å². The maximum atomic E-state index is 11.5. The van der Waals surface area contributed by atoms with Crippen molar-refractivity contribution in [1.82, 2.24) is 0 Å². The Morgan fingerprint density at radius 1 is 1.57 bits per heavy atom. The number of nitro benzene ring substituents is 1. The van der Waals surface area contributed by atoms with Gasteiger partial charge in [-0.15, -0.1) is 0 Å². The standard InChI is InChI=1S/C14H18N2O5/c1-14(6-3-7-21-14)9-15-11-8-10(13(17)20-2)4-5-12(11)16(18)19/h4-5,8,15H,3,6-7,9H2,1-2H3. The van der Waals surface area contributed by atoms with Gasteiger partial charge in [0.15, 0.2) is 0 Å². The lowest BCUT2D eigenvalue weighted by atomic mass is 10.0. The molecule has 1 aliphatic heterocycles. The van der Waals surface area contributed by atoms with Gasteiger partial charge in [0.25, 0.3) is 5.69 Å². The molecular weight excluding hydrogens is 276 g/mol. The average molecular weight is 294 g/mol. The van der Waals surface area contributed by atoms with Crippen LogP contribution in [0.1, 0.15) is 30.1 Å². The van der Waals surface area contributed by atoms with Gasteiger partial charge in [0.2, 0.25) is 0 Å². The maximum absolute atomic E-state index is 11.5. The molecule has 1 aliphatic rings. The summed E-state index contributed by atoms with van der Waals surface area (Å²) in [6.07, 6.45) is 1.87. The van der Waals surface area contributed by atoms with Crippen LogP contribution in [0.4, 0.5) is 11.4 Å². The SMILES string of the molecule is COC(=O)c1ccc([N+](=O)[O-])c(NCC2(C)CCCO2)c1. The van der Waals surface area contributed by atoms with E-state index in [4.69, 9.17) is 4.74 Å². The summed E-state index contributed by atoms with van der Waals surface area (Å²) in [5.41, 5.74) is 0.141. The second kappa shape index (κ2) is 6.09. The minimum Gasteiger partial charge on any atom is -0.465 e. The van der Waals surface area contributed by atoms with Crippen LogP contribution in [-0.4, -0.2) is 36.8 Å². The van der Waals surface area contributed by atoms with Crippen molar-refractivity contribution in [1.29, 1.82) is 0 Å². The first-order chi connectivity index (χ1) is 9.95. The monoisotopic (exact) mass is 294 g/mol. The largest absolute Gasteiger partial charge is 0.465 e. The molecule has 0 bridgehead atoms. The van der Waals surface area contributed by atoms with Gasteiger partial charge in [0.05, 0.1) is 23.2 Å². The molecule has 0 aliphatic carbocycles. The van der Waals surface area contributed by atoms with Crippen LogP contribution in [0.15, 0.2) is 18.2 Å². The van der Waals surface area contributed by atoms with Crippen LogP contribution in [0.2, 0.25) is 0 Å². The molecule has 1 unspecified atom stereocenters. The quantitative estimate of drug-likeness (QED) is 0.509. The molecule has 21 heavy (non-hydrogen) atoms. The molecule has 1 aromatic rings. The number of nitro groups is 1. The van der Waals surface area contributed by atoms with Crippen LogP contribution in [0.3, 0.4) is 0 Å². The molecule has 0 radical (unpaired) electrons. The van der Waals surface area contributed by atoms with E-state index in [1.807, 2.05) is 6.92 Å². The van der Waals surface area contributed by atoms with E-state index in [1.54, 1.807) is 0 Å². The highest BCUT2D eigenvalue weighted by Gasteiger charge is 2.30. The fraction of sp³-hybridized carbons (Fsp3) is 0.500. The van der Waals surface area contributed by atoms with E-state index in [9.17, 15) is 14.9 Å². The van der Waals surface area contributed by atoms with Crippen molar-refractivity contribution in [2.75, 3.05) is 25.6 Å². The van der Waals surface area contributed by atoms with Gasteiger partial charge in [-0.2, -0.15) is 0 Å². The lowest BCUT2D eigenvalue weighted by Gasteiger charge is -2.24. The van der Waals surface area contributed by atoms with E-state index >= 15 is 0 Å². The number of carbonyl (C=O) groups is 1. The predicted octanol–water partition coefficient (Wildman–Crippen LogP) is 2.36. The molecule has 1 N–H and O–H groups in total. The summed E-state index contributed by atoms with van der Waals surface area (Å²) in [7, 11) is 1.27. The molecule has 0 spiro atoms. The molecule has 0 aromatic heterocycles. The van der Waals surface area contributed by atoms with Crippen LogP contribution in [0.25, 0.3) is 0 Å². The van der Waals surface area contributed by atoms with E-state index in [0.717, 1.165) is 12.8 Å². The minimum atomic E-state index is -0.531. The first-order valence-corrected chi connectivity index (χ1v) is 6.70. The number of carbonyl (C=O) groups excluding carboxylic acids is 1. The fourth-order valence-corrected chi connectivity index (χ4v) is 2.34. The first kappa shape index (κ1) is 15.2.